The number of thiazole rings is 1. The highest BCUT2D eigenvalue weighted by Gasteiger charge is 2.04. The molecule has 96 valence electrons. The Morgan fingerprint density at radius 1 is 1.28 bits per heavy atom. The molecule has 2 rings (SSSR count). The molecule has 0 aliphatic carbocycles. The van der Waals surface area contributed by atoms with Crippen LogP contribution in [0, 0.1) is 6.92 Å². The number of rotatable bonds is 5. The largest absolute Gasteiger partial charge is 0.312 e. The van der Waals surface area contributed by atoms with E-state index in [2.05, 4.69) is 15.7 Å². The van der Waals surface area contributed by atoms with Crippen LogP contribution in [0.3, 0.4) is 0 Å². The highest BCUT2D eigenvalue weighted by molar-refractivity contribution is 7.09. The van der Waals surface area contributed by atoms with Crippen LogP contribution in [0.4, 0.5) is 0 Å². The Labute approximate surface area is 121 Å². The Bertz CT molecular complexity index is 505. The number of aromatic nitrogens is 1. The summed E-state index contributed by atoms with van der Waals surface area (Å²) in [6.45, 7) is 3.56. The first-order valence-electron chi connectivity index (χ1n) is 5.71. The minimum atomic E-state index is 0.683. The molecule has 0 aliphatic rings. The average molecular weight is 301 g/mol. The third kappa shape index (κ3) is 3.69. The SMILES string of the molecule is Cc1csc(CCNCc2c(Cl)cccc2Cl)n1. The van der Waals surface area contributed by atoms with Crippen molar-refractivity contribution in [3.8, 4) is 0 Å². The summed E-state index contributed by atoms with van der Waals surface area (Å²) in [5, 5.41) is 7.98. The zero-order valence-corrected chi connectivity index (χ0v) is 12.4. The summed E-state index contributed by atoms with van der Waals surface area (Å²) in [6.07, 6.45) is 0.931. The fourth-order valence-corrected chi connectivity index (χ4v) is 2.93. The van der Waals surface area contributed by atoms with Crippen LogP contribution in [0.1, 0.15) is 16.3 Å². The predicted molar refractivity (Wildman–Crippen MR) is 78.7 cm³/mol. The number of halogens is 2. The van der Waals surface area contributed by atoms with Crippen molar-refractivity contribution in [2.75, 3.05) is 6.54 Å². The molecule has 0 atom stereocenters. The Hall–Kier alpha value is -0.610. The number of benzene rings is 1. The summed E-state index contributed by atoms with van der Waals surface area (Å²) in [7, 11) is 0. The molecule has 0 saturated heterocycles. The lowest BCUT2D eigenvalue weighted by Crippen LogP contribution is -2.17. The normalized spacial score (nSPS) is 10.8. The van der Waals surface area contributed by atoms with Gasteiger partial charge in [-0.05, 0) is 19.1 Å². The second-order valence-corrected chi connectivity index (χ2v) is 5.77. The lowest BCUT2D eigenvalue weighted by Gasteiger charge is -2.07. The predicted octanol–water partition coefficient (Wildman–Crippen LogP) is 4.09. The summed E-state index contributed by atoms with van der Waals surface area (Å²) in [5.41, 5.74) is 2.04. The van der Waals surface area contributed by atoms with Gasteiger partial charge in [-0.15, -0.1) is 11.3 Å². The molecule has 2 aromatic rings. The van der Waals surface area contributed by atoms with E-state index in [1.54, 1.807) is 11.3 Å². The van der Waals surface area contributed by atoms with Crippen molar-refractivity contribution in [2.24, 2.45) is 0 Å². The van der Waals surface area contributed by atoms with E-state index in [9.17, 15) is 0 Å². The van der Waals surface area contributed by atoms with Crippen molar-refractivity contribution < 1.29 is 0 Å². The van der Waals surface area contributed by atoms with Gasteiger partial charge in [0.2, 0.25) is 0 Å². The van der Waals surface area contributed by atoms with E-state index in [1.807, 2.05) is 25.1 Å². The van der Waals surface area contributed by atoms with Gasteiger partial charge in [-0.2, -0.15) is 0 Å². The van der Waals surface area contributed by atoms with Crippen molar-refractivity contribution in [3.63, 3.8) is 0 Å². The van der Waals surface area contributed by atoms with Gasteiger partial charge in [-0.1, -0.05) is 29.3 Å². The Balaban J connectivity index is 1.82. The Morgan fingerprint density at radius 3 is 2.61 bits per heavy atom. The number of hydrogen-bond donors (Lipinski definition) is 1. The highest BCUT2D eigenvalue weighted by Crippen LogP contribution is 2.23. The van der Waals surface area contributed by atoms with E-state index in [1.165, 1.54) is 0 Å². The first-order chi connectivity index (χ1) is 8.66. The lowest BCUT2D eigenvalue weighted by molar-refractivity contribution is 0.685. The first-order valence-corrected chi connectivity index (χ1v) is 7.35. The molecule has 18 heavy (non-hydrogen) atoms. The summed E-state index contributed by atoms with van der Waals surface area (Å²) >= 11 is 13.9. The van der Waals surface area contributed by atoms with E-state index in [4.69, 9.17) is 23.2 Å². The zero-order valence-electron chi connectivity index (χ0n) is 10.0. The van der Waals surface area contributed by atoms with Crippen molar-refractivity contribution in [3.05, 3.63) is 49.9 Å². The summed E-state index contributed by atoms with van der Waals surface area (Å²) in [5.74, 6) is 0. The van der Waals surface area contributed by atoms with E-state index in [0.717, 1.165) is 29.2 Å². The quantitative estimate of drug-likeness (QED) is 0.841. The first kappa shape index (κ1) is 13.8. The average Bonchev–Trinajstić information content (AvgIpc) is 2.73. The summed E-state index contributed by atoms with van der Waals surface area (Å²) < 4.78 is 0. The second-order valence-electron chi connectivity index (χ2n) is 4.01. The van der Waals surface area contributed by atoms with Crippen molar-refractivity contribution in [1.82, 2.24) is 10.3 Å². The maximum Gasteiger partial charge on any atom is 0.0940 e. The van der Waals surface area contributed by atoms with Gasteiger partial charge in [0.1, 0.15) is 0 Å². The van der Waals surface area contributed by atoms with Gasteiger partial charge in [-0.3, -0.25) is 0 Å². The monoisotopic (exact) mass is 300 g/mol. The summed E-state index contributed by atoms with van der Waals surface area (Å²) in [4.78, 5) is 4.42. The molecule has 0 fully saturated rings. The minimum Gasteiger partial charge on any atom is -0.312 e. The molecule has 1 heterocycles. The topological polar surface area (TPSA) is 24.9 Å². The Kier molecular flexibility index (Phi) is 5.01. The molecule has 0 saturated carbocycles. The van der Waals surface area contributed by atoms with Gasteiger partial charge < -0.3 is 5.32 Å². The lowest BCUT2D eigenvalue weighted by atomic mass is 10.2. The third-order valence-corrected chi connectivity index (χ3v) is 4.28. The number of aryl methyl sites for hydroxylation is 1. The molecule has 1 aromatic heterocycles. The van der Waals surface area contributed by atoms with Crippen molar-refractivity contribution >= 4 is 34.5 Å². The van der Waals surface area contributed by atoms with E-state index in [-0.39, 0.29) is 0 Å². The smallest absolute Gasteiger partial charge is 0.0940 e. The van der Waals surface area contributed by atoms with Crippen LogP contribution < -0.4 is 5.32 Å². The number of nitrogens with one attached hydrogen (secondary N) is 1. The van der Waals surface area contributed by atoms with Gasteiger partial charge in [0.25, 0.3) is 0 Å². The van der Waals surface area contributed by atoms with Gasteiger partial charge in [0, 0.05) is 46.2 Å². The molecule has 0 amide bonds. The molecular formula is C13H14Cl2N2S. The van der Waals surface area contributed by atoms with Crippen LogP contribution >= 0.6 is 34.5 Å². The second kappa shape index (κ2) is 6.53. The minimum absolute atomic E-state index is 0.683. The van der Waals surface area contributed by atoms with Gasteiger partial charge in [-0.25, -0.2) is 4.98 Å². The molecule has 0 bridgehead atoms. The van der Waals surface area contributed by atoms with Gasteiger partial charge in [0.05, 0.1) is 5.01 Å². The van der Waals surface area contributed by atoms with Gasteiger partial charge in [0.15, 0.2) is 0 Å². The molecule has 0 unspecified atom stereocenters. The van der Waals surface area contributed by atoms with Crippen LogP contribution in [-0.4, -0.2) is 11.5 Å². The molecule has 5 heteroatoms. The molecule has 0 aliphatic heterocycles. The molecule has 1 N–H and O–H groups in total. The fraction of sp³-hybridized carbons (Fsp3) is 0.308. The number of hydrogen-bond acceptors (Lipinski definition) is 3. The maximum atomic E-state index is 6.09. The van der Waals surface area contributed by atoms with E-state index >= 15 is 0 Å². The van der Waals surface area contributed by atoms with Crippen molar-refractivity contribution in [2.45, 2.75) is 19.9 Å². The van der Waals surface area contributed by atoms with Crippen molar-refractivity contribution in [1.29, 1.82) is 0 Å². The highest BCUT2D eigenvalue weighted by atomic mass is 35.5. The van der Waals surface area contributed by atoms with E-state index < -0.39 is 0 Å². The molecule has 0 radical (unpaired) electrons. The van der Waals surface area contributed by atoms with Crippen LogP contribution in [0.5, 0.6) is 0 Å². The zero-order chi connectivity index (χ0) is 13.0. The van der Waals surface area contributed by atoms with Crippen LogP contribution in [0.2, 0.25) is 10.0 Å². The van der Waals surface area contributed by atoms with Crippen LogP contribution in [0.15, 0.2) is 23.6 Å². The van der Waals surface area contributed by atoms with Crippen LogP contribution in [0.25, 0.3) is 0 Å². The molecule has 2 nitrogen and oxygen atoms in total. The van der Waals surface area contributed by atoms with Crippen LogP contribution in [-0.2, 0) is 13.0 Å². The molecule has 1 aromatic carbocycles. The number of nitrogens with zero attached hydrogens (tertiary/aromatic N) is 1. The standard InChI is InChI=1S/C13H14Cl2N2S/c1-9-8-18-13(17-9)5-6-16-7-10-11(14)3-2-4-12(10)15/h2-4,8,16H,5-7H2,1H3. The third-order valence-electron chi connectivity index (χ3n) is 2.55. The Morgan fingerprint density at radius 2 is 2.00 bits per heavy atom. The molecule has 0 spiro atoms. The van der Waals surface area contributed by atoms with E-state index in [0.29, 0.717) is 16.6 Å². The summed E-state index contributed by atoms with van der Waals surface area (Å²) in [6, 6.07) is 5.57. The maximum absolute atomic E-state index is 6.09. The van der Waals surface area contributed by atoms with Gasteiger partial charge >= 0.3 is 0 Å². The molecular weight excluding hydrogens is 287 g/mol. The fourth-order valence-electron chi connectivity index (χ4n) is 1.63.